The summed E-state index contributed by atoms with van der Waals surface area (Å²) in [5.41, 5.74) is 8.29. The number of nitrogens with two attached hydrogens (primary N) is 1. The van der Waals surface area contributed by atoms with Crippen LogP contribution in [0, 0.1) is 0 Å². The minimum Gasteiger partial charge on any atom is -0.506 e. The Hall–Kier alpha value is -2.78. The molecule has 0 bridgehead atoms. The maximum Gasteiger partial charge on any atom is 0.143 e. The Labute approximate surface area is 155 Å². The molecule has 134 valence electrons. The van der Waals surface area contributed by atoms with E-state index >= 15 is 0 Å². The van der Waals surface area contributed by atoms with Crippen molar-refractivity contribution in [1.82, 2.24) is 0 Å². The van der Waals surface area contributed by atoms with E-state index in [0.717, 1.165) is 29.5 Å². The Bertz CT molecular complexity index is 792. The highest BCUT2D eigenvalue weighted by atomic mass is 16.5. The zero-order valence-corrected chi connectivity index (χ0v) is 15.1. The van der Waals surface area contributed by atoms with Gasteiger partial charge < -0.3 is 15.6 Å². The van der Waals surface area contributed by atoms with Crippen molar-refractivity contribution < 1.29 is 9.84 Å². The molecular weight excluding hydrogens is 322 g/mol. The van der Waals surface area contributed by atoms with Gasteiger partial charge in [-0.3, -0.25) is 0 Å². The van der Waals surface area contributed by atoms with E-state index in [1.165, 1.54) is 0 Å². The topological polar surface area (TPSA) is 55.5 Å². The van der Waals surface area contributed by atoms with Crippen molar-refractivity contribution in [3.8, 4) is 5.75 Å². The summed E-state index contributed by atoms with van der Waals surface area (Å²) in [6.07, 6.45) is 2.01. The summed E-state index contributed by atoms with van der Waals surface area (Å²) in [5.74, 6) is 0.0674. The number of hydrogen-bond donors (Lipinski definition) is 2. The summed E-state index contributed by atoms with van der Waals surface area (Å²) in [5, 5.41) is 10.2. The van der Waals surface area contributed by atoms with E-state index in [-0.39, 0.29) is 5.75 Å². The smallest absolute Gasteiger partial charge is 0.143 e. The molecule has 0 saturated heterocycles. The number of aromatic hydroxyl groups is 1. The lowest BCUT2D eigenvalue weighted by atomic mass is 9.80. The zero-order chi connectivity index (χ0) is 18.4. The summed E-state index contributed by atoms with van der Waals surface area (Å²) in [6, 6.07) is 25.6. The van der Waals surface area contributed by atoms with E-state index in [1.54, 1.807) is 12.1 Å². The van der Waals surface area contributed by atoms with Crippen molar-refractivity contribution in [3.63, 3.8) is 0 Å². The molecule has 3 heteroatoms. The molecule has 0 fully saturated rings. The monoisotopic (exact) mass is 347 g/mol. The summed E-state index contributed by atoms with van der Waals surface area (Å²) >= 11 is 0. The maximum atomic E-state index is 10.2. The van der Waals surface area contributed by atoms with Crippen molar-refractivity contribution in [2.75, 3.05) is 12.3 Å². The van der Waals surface area contributed by atoms with Gasteiger partial charge in [0.2, 0.25) is 0 Å². The van der Waals surface area contributed by atoms with Gasteiger partial charge in [-0.1, -0.05) is 80.1 Å². The molecule has 0 aromatic heterocycles. The lowest BCUT2D eigenvalue weighted by Crippen LogP contribution is -2.33. The first kappa shape index (κ1) is 18.0. The van der Waals surface area contributed by atoms with E-state index in [9.17, 15) is 5.11 Å². The van der Waals surface area contributed by atoms with Gasteiger partial charge in [0.25, 0.3) is 0 Å². The molecule has 3 aromatic rings. The van der Waals surface area contributed by atoms with E-state index in [1.807, 2.05) is 42.5 Å². The number of hydrogen-bond acceptors (Lipinski definition) is 3. The van der Waals surface area contributed by atoms with Crippen LogP contribution >= 0.6 is 0 Å². The summed E-state index contributed by atoms with van der Waals surface area (Å²) < 4.78 is 6.57. The fourth-order valence-electron chi connectivity index (χ4n) is 3.23. The molecule has 0 radical (unpaired) electrons. The van der Waals surface area contributed by atoms with E-state index in [4.69, 9.17) is 10.5 Å². The molecule has 0 amide bonds. The van der Waals surface area contributed by atoms with Gasteiger partial charge in [-0.25, -0.2) is 0 Å². The Morgan fingerprint density at radius 1 is 0.846 bits per heavy atom. The van der Waals surface area contributed by atoms with Crippen LogP contribution in [0.2, 0.25) is 0 Å². The molecule has 0 unspecified atom stereocenters. The second-order valence-corrected chi connectivity index (χ2v) is 6.39. The number of rotatable bonds is 7. The number of nitrogen functional groups attached to an aromatic ring is 1. The molecule has 26 heavy (non-hydrogen) atoms. The van der Waals surface area contributed by atoms with Crippen LogP contribution < -0.4 is 5.73 Å². The normalized spacial score (nSPS) is 11.4. The van der Waals surface area contributed by atoms with Crippen LogP contribution in [0.3, 0.4) is 0 Å². The first-order valence-corrected chi connectivity index (χ1v) is 9.02. The van der Waals surface area contributed by atoms with Crippen LogP contribution in [0.25, 0.3) is 0 Å². The van der Waals surface area contributed by atoms with Gasteiger partial charge in [0.1, 0.15) is 11.4 Å². The molecule has 3 N–H and O–H groups in total. The first-order chi connectivity index (χ1) is 12.7. The van der Waals surface area contributed by atoms with Crippen LogP contribution in [0.1, 0.15) is 36.5 Å². The third-order valence-electron chi connectivity index (χ3n) is 4.61. The predicted octanol–water partition coefficient (Wildman–Crippen LogP) is 5.08. The average Bonchev–Trinajstić information content (AvgIpc) is 2.69. The molecule has 0 aliphatic rings. The molecule has 0 atom stereocenters. The molecule has 3 aromatic carbocycles. The van der Waals surface area contributed by atoms with Crippen LogP contribution in [-0.2, 0) is 10.3 Å². The Morgan fingerprint density at radius 2 is 1.42 bits per heavy atom. The number of ether oxygens (including phenoxy) is 1. The largest absolute Gasteiger partial charge is 0.506 e. The highest BCUT2D eigenvalue weighted by molar-refractivity contribution is 5.57. The predicted molar refractivity (Wildman–Crippen MR) is 106 cm³/mol. The third-order valence-corrected chi connectivity index (χ3v) is 4.61. The van der Waals surface area contributed by atoms with Crippen molar-refractivity contribution in [2.45, 2.75) is 25.4 Å². The Morgan fingerprint density at radius 3 is 1.92 bits per heavy atom. The number of phenols is 1. The van der Waals surface area contributed by atoms with E-state index in [2.05, 4.69) is 31.2 Å². The number of benzene rings is 3. The highest BCUT2D eigenvalue weighted by Gasteiger charge is 2.37. The van der Waals surface area contributed by atoms with Crippen molar-refractivity contribution in [3.05, 3.63) is 95.6 Å². The average molecular weight is 347 g/mol. The minimum atomic E-state index is -0.803. The van der Waals surface area contributed by atoms with Crippen LogP contribution in [0.4, 0.5) is 5.69 Å². The standard InChI is InChI=1S/C23H25NO2/c1-2-3-16-26-23(18-10-6-4-7-11-18,19-12-8-5-9-13-19)20-14-15-21(24)22(25)17-20/h4-15,17,25H,2-3,16,24H2,1H3. The molecule has 0 aliphatic carbocycles. The van der Waals surface area contributed by atoms with Gasteiger partial charge in [-0.2, -0.15) is 0 Å². The van der Waals surface area contributed by atoms with E-state index in [0.29, 0.717) is 12.3 Å². The fraction of sp³-hybridized carbons (Fsp3) is 0.217. The van der Waals surface area contributed by atoms with Gasteiger partial charge in [-0.15, -0.1) is 0 Å². The summed E-state index contributed by atoms with van der Waals surface area (Å²) in [7, 11) is 0. The number of phenolic OH excluding ortho intramolecular Hbond substituents is 1. The van der Waals surface area contributed by atoms with Gasteiger partial charge in [0, 0.05) is 6.61 Å². The quantitative estimate of drug-likeness (QED) is 0.271. The lowest BCUT2D eigenvalue weighted by Gasteiger charge is -2.36. The molecule has 0 saturated carbocycles. The van der Waals surface area contributed by atoms with Gasteiger partial charge in [0.15, 0.2) is 0 Å². The van der Waals surface area contributed by atoms with Gasteiger partial charge >= 0.3 is 0 Å². The minimum absolute atomic E-state index is 0.0674. The fourth-order valence-corrected chi connectivity index (χ4v) is 3.23. The Kier molecular flexibility index (Phi) is 5.59. The van der Waals surface area contributed by atoms with Gasteiger partial charge in [0.05, 0.1) is 5.69 Å². The van der Waals surface area contributed by atoms with Crippen molar-refractivity contribution in [2.24, 2.45) is 0 Å². The Balaban J connectivity index is 2.25. The number of unbranched alkanes of at least 4 members (excludes halogenated alkanes) is 1. The molecule has 3 nitrogen and oxygen atoms in total. The maximum absolute atomic E-state index is 10.2. The third kappa shape index (κ3) is 3.44. The first-order valence-electron chi connectivity index (χ1n) is 9.02. The second kappa shape index (κ2) is 8.07. The SMILES string of the molecule is CCCCOC(c1ccccc1)(c1ccccc1)c1ccc(N)c(O)c1. The van der Waals surface area contributed by atoms with Crippen LogP contribution in [0.5, 0.6) is 5.75 Å². The second-order valence-electron chi connectivity index (χ2n) is 6.39. The van der Waals surface area contributed by atoms with Crippen molar-refractivity contribution in [1.29, 1.82) is 0 Å². The lowest BCUT2D eigenvalue weighted by molar-refractivity contribution is 0.0112. The molecule has 0 spiro atoms. The number of anilines is 1. The molecule has 0 heterocycles. The molecule has 3 rings (SSSR count). The summed E-state index contributed by atoms with van der Waals surface area (Å²) in [4.78, 5) is 0. The molecular formula is C23H25NO2. The van der Waals surface area contributed by atoms with E-state index < -0.39 is 5.60 Å². The van der Waals surface area contributed by atoms with Crippen molar-refractivity contribution >= 4 is 5.69 Å². The molecule has 0 aliphatic heterocycles. The van der Waals surface area contributed by atoms with Gasteiger partial charge in [-0.05, 0) is 35.2 Å². The highest BCUT2D eigenvalue weighted by Crippen LogP contribution is 2.42. The summed E-state index contributed by atoms with van der Waals surface area (Å²) in [6.45, 7) is 2.76. The van der Waals surface area contributed by atoms with Crippen LogP contribution in [0.15, 0.2) is 78.9 Å². The van der Waals surface area contributed by atoms with Crippen LogP contribution in [-0.4, -0.2) is 11.7 Å². The zero-order valence-electron chi connectivity index (χ0n) is 15.1.